The maximum Gasteiger partial charge on any atom is 0.175 e. The quantitative estimate of drug-likeness (QED) is 0.855. The van der Waals surface area contributed by atoms with Crippen LogP contribution < -0.4 is 5.73 Å². The fraction of sp³-hybridized carbons (Fsp3) is 0.333. The molecule has 2 N–H and O–H groups in total. The van der Waals surface area contributed by atoms with Crippen molar-refractivity contribution in [2.45, 2.75) is 11.3 Å². The van der Waals surface area contributed by atoms with Crippen LogP contribution in [0.4, 0.5) is 0 Å². The summed E-state index contributed by atoms with van der Waals surface area (Å²) < 4.78 is 22.5. The molecule has 0 aliphatic carbocycles. The van der Waals surface area contributed by atoms with Gasteiger partial charge in [0.05, 0.1) is 4.90 Å². The summed E-state index contributed by atoms with van der Waals surface area (Å²) in [6, 6.07) is 4.66. The van der Waals surface area contributed by atoms with Crippen molar-refractivity contribution in [1.29, 1.82) is 0 Å². The van der Waals surface area contributed by atoms with Gasteiger partial charge in [0.15, 0.2) is 9.84 Å². The highest BCUT2D eigenvalue weighted by Gasteiger charge is 2.09. The molecule has 0 atom stereocenters. The molecule has 0 fully saturated rings. The molecule has 0 unspecified atom stereocenters. The van der Waals surface area contributed by atoms with Crippen molar-refractivity contribution in [3.8, 4) is 0 Å². The molecule has 0 saturated carbocycles. The molecule has 0 heterocycles. The fourth-order valence-electron chi connectivity index (χ4n) is 1.13. The molecule has 1 aromatic rings. The minimum atomic E-state index is -3.16. The Morgan fingerprint density at radius 3 is 2.57 bits per heavy atom. The highest BCUT2D eigenvalue weighted by molar-refractivity contribution is 7.90. The summed E-state index contributed by atoms with van der Waals surface area (Å²) >= 11 is 5.87. The van der Waals surface area contributed by atoms with E-state index in [0.717, 1.165) is 5.56 Å². The lowest BCUT2D eigenvalue weighted by atomic mass is 10.1. The van der Waals surface area contributed by atoms with Gasteiger partial charge < -0.3 is 5.73 Å². The van der Waals surface area contributed by atoms with E-state index in [0.29, 0.717) is 18.0 Å². The standard InChI is InChI=1S/C9H12ClNO2S/c1-14(12,13)8-2-3-9(10)7(6-8)4-5-11/h2-3,6H,4-5,11H2,1H3. The zero-order chi connectivity index (χ0) is 10.8. The van der Waals surface area contributed by atoms with Crippen molar-refractivity contribution in [1.82, 2.24) is 0 Å². The van der Waals surface area contributed by atoms with Crippen LogP contribution >= 0.6 is 11.6 Å². The molecule has 14 heavy (non-hydrogen) atoms. The Morgan fingerprint density at radius 2 is 2.07 bits per heavy atom. The van der Waals surface area contributed by atoms with Gasteiger partial charge in [-0.1, -0.05) is 11.6 Å². The SMILES string of the molecule is CS(=O)(=O)c1ccc(Cl)c(CCN)c1. The number of rotatable bonds is 3. The van der Waals surface area contributed by atoms with E-state index in [2.05, 4.69) is 0 Å². The second kappa shape index (κ2) is 4.29. The van der Waals surface area contributed by atoms with Crippen molar-refractivity contribution < 1.29 is 8.42 Å². The Kier molecular flexibility index (Phi) is 3.53. The van der Waals surface area contributed by atoms with Crippen molar-refractivity contribution in [2.24, 2.45) is 5.73 Å². The maximum absolute atomic E-state index is 11.2. The van der Waals surface area contributed by atoms with Crippen molar-refractivity contribution in [3.63, 3.8) is 0 Å². The Bertz CT molecular complexity index is 428. The van der Waals surface area contributed by atoms with Crippen LogP contribution in [0.15, 0.2) is 23.1 Å². The third kappa shape index (κ3) is 2.70. The largest absolute Gasteiger partial charge is 0.330 e. The molecule has 0 saturated heterocycles. The molecule has 0 spiro atoms. The van der Waals surface area contributed by atoms with Gasteiger partial charge >= 0.3 is 0 Å². The van der Waals surface area contributed by atoms with Gasteiger partial charge in [0.1, 0.15) is 0 Å². The van der Waals surface area contributed by atoms with Gasteiger partial charge in [0, 0.05) is 11.3 Å². The van der Waals surface area contributed by atoms with Gasteiger partial charge in [-0.15, -0.1) is 0 Å². The van der Waals surface area contributed by atoms with E-state index in [1.165, 1.54) is 12.3 Å². The van der Waals surface area contributed by atoms with Crippen LogP contribution in [0.5, 0.6) is 0 Å². The Morgan fingerprint density at radius 1 is 1.43 bits per heavy atom. The van der Waals surface area contributed by atoms with Crippen LogP contribution in [0, 0.1) is 0 Å². The van der Waals surface area contributed by atoms with E-state index in [4.69, 9.17) is 17.3 Å². The predicted octanol–water partition coefficient (Wildman–Crippen LogP) is 1.24. The van der Waals surface area contributed by atoms with Gasteiger partial charge in [-0.25, -0.2) is 8.42 Å². The molecule has 1 aromatic carbocycles. The first-order chi connectivity index (χ1) is 6.45. The molecular weight excluding hydrogens is 222 g/mol. The normalized spacial score (nSPS) is 11.6. The number of hydrogen-bond acceptors (Lipinski definition) is 3. The molecule has 5 heteroatoms. The molecule has 0 aromatic heterocycles. The van der Waals surface area contributed by atoms with Crippen molar-refractivity contribution in [2.75, 3.05) is 12.8 Å². The maximum atomic E-state index is 11.2. The molecular formula is C9H12ClNO2S. The van der Waals surface area contributed by atoms with Crippen LogP contribution in [0.1, 0.15) is 5.56 Å². The highest BCUT2D eigenvalue weighted by Crippen LogP contribution is 2.20. The second-order valence-corrected chi connectivity index (χ2v) is 5.49. The topological polar surface area (TPSA) is 60.2 Å². The molecule has 1 rings (SSSR count). The van der Waals surface area contributed by atoms with Crippen molar-refractivity contribution >= 4 is 21.4 Å². The summed E-state index contributed by atoms with van der Waals surface area (Å²) in [5, 5.41) is 0.558. The monoisotopic (exact) mass is 233 g/mol. The molecule has 0 amide bonds. The summed E-state index contributed by atoms with van der Waals surface area (Å²) in [7, 11) is -3.16. The van der Waals surface area contributed by atoms with E-state index in [-0.39, 0.29) is 4.90 Å². The van der Waals surface area contributed by atoms with Gasteiger partial charge in [0.25, 0.3) is 0 Å². The van der Waals surface area contributed by atoms with E-state index in [1.54, 1.807) is 12.1 Å². The first-order valence-electron chi connectivity index (χ1n) is 4.13. The zero-order valence-corrected chi connectivity index (χ0v) is 9.40. The van der Waals surface area contributed by atoms with E-state index >= 15 is 0 Å². The lowest BCUT2D eigenvalue weighted by Crippen LogP contribution is -2.05. The molecule has 0 aliphatic rings. The van der Waals surface area contributed by atoms with Crippen molar-refractivity contribution in [3.05, 3.63) is 28.8 Å². The smallest absolute Gasteiger partial charge is 0.175 e. The summed E-state index contributed by atoms with van der Waals surface area (Å²) in [6.45, 7) is 0.451. The average molecular weight is 234 g/mol. The van der Waals surface area contributed by atoms with Crippen LogP contribution in [0.3, 0.4) is 0 Å². The van der Waals surface area contributed by atoms with E-state index in [1.807, 2.05) is 0 Å². The minimum Gasteiger partial charge on any atom is -0.330 e. The van der Waals surface area contributed by atoms with Crippen LogP contribution in [-0.4, -0.2) is 21.2 Å². The summed E-state index contributed by atoms with van der Waals surface area (Å²) in [5.74, 6) is 0. The highest BCUT2D eigenvalue weighted by atomic mass is 35.5. The third-order valence-electron chi connectivity index (χ3n) is 1.86. The lowest BCUT2D eigenvalue weighted by Gasteiger charge is -2.04. The first-order valence-corrected chi connectivity index (χ1v) is 6.40. The molecule has 3 nitrogen and oxygen atoms in total. The Hall–Kier alpha value is -0.580. The molecule has 0 radical (unpaired) electrons. The Balaban J connectivity index is 3.20. The average Bonchev–Trinajstić information content (AvgIpc) is 2.07. The predicted molar refractivity (Wildman–Crippen MR) is 57.3 cm³/mol. The fourth-order valence-corrected chi connectivity index (χ4v) is 2.01. The first kappa shape index (κ1) is 11.5. The molecule has 78 valence electrons. The summed E-state index contributed by atoms with van der Waals surface area (Å²) in [6.07, 6.45) is 1.75. The second-order valence-electron chi connectivity index (χ2n) is 3.06. The van der Waals surface area contributed by atoms with Gasteiger partial charge in [-0.05, 0) is 36.7 Å². The summed E-state index contributed by atoms with van der Waals surface area (Å²) in [4.78, 5) is 0.283. The number of hydrogen-bond donors (Lipinski definition) is 1. The Labute approximate surface area is 88.8 Å². The van der Waals surface area contributed by atoms with Gasteiger partial charge in [-0.3, -0.25) is 0 Å². The number of halogens is 1. The third-order valence-corrected chi connectivity index (χ3v) is 3.34. The molecule has 0 bridgehead atoms. The zero-order valence-electron chi connectivity index (χ0n) is 7.83. The lowest BCUT2D eigenvalue weighted by molar-refractivity contribution is 0.601. The minimum absolute atomic E-state index is 0.283. The van der Waals surface area contributed by atoms with Gasteiger partial charge in [-0.2, -0.15) is 0 Å². The van der Waals surface area contributed by atoms with Crippen LogP contribution in [0.2, 0.25) is 5.02 Å². The molecule has 0 aliphatic heterocycles. The number of benzene rings is 1. The van der Waals surface area contributed by atoms with Crippen LogP contribution in [0.25, 0.3) is 0 Å². The van der Waals surface area contributed by atoms with Gasteiger partial charge in [0.2, 0.25) is 0 Å². The summed E-state index contributed by atoms with van der Waals surface area (Å²) in [5.41, 5.74) is 6.16. The number of nitrogens with two attached hydrogens (primary N) is 1. The van der Waals surface area contributed by atoms with E-state index in [9.17, 15) is 8.42 Å². The number of sulfone groups is 1. The van der Waals surface area contributed by atoms with Crippen LogP contribution in [-0.2, 0) is 16.3 Å². The van der Waals surface area contributed by atoms with E-state index < -0.39 is 9.84 Å².